The molecule has 134 valence electrons. The molecular formula is C22H29NO2. The highest BCUT2D eigenvalue weighted by Crippen LogP contribution is 2.40. The van der Waals surface area contributed by atoms with E-state index >= 15 is 0 Å². The molecule has 2 rings (SSSR count). The Hall–Kier alpha value is -2.29. The fourth-order valence-electron chi connectivity index (χ4n) is 3.11. The number of hydrogen-bond donors (Lipinski definition) is 2. The Morgan fingerprint density at radius 1 is 1.12 bits per heavy atom. The van der Waals surface area contributed by atoms with E-state index in [0.29, 0.717) is 0 Å². The Morgan fingerprint density at radius 2 is 1.84 bits per heavy atom. The van der Waals surface area contributed by atoms with Gasteiger partial charge < -0.3 is 10.4 Å². The van der Waals surface area contributed by atoms with Crippen LogP contribution in [0.1, 0.15) is 52.0 Å². The van der Waals surface area contributed by atoms with E-state index in [1.54, 1.807) is 0 Å². The number of carbonyl (C=O) groups is 1. The molecule has 0 aliphatic rings. The number of rotatable bonds is 9. The monoisotopic (exact) mass is 339 g/mol. The molecule has 2 N–H and O–H groups in total. The molecule has 0 aromatic heterocycles. The molecule has 0 saturated heterocycles. The van der Waals surface area contributed by atoms with Crippen molar-refractivity contribution in [3.63, 3.8) is 0 Å². The number of hydrogen-bond acceptors (Lipinski definition) is 2. The lowest BCUT2D eigenvalue weighted by atomic mass is 9.76. The SMILES string of the molecule is C=C(C)C(C)(C)c1c(NCCCCCC(=O)O)ccc2ccccc12. The van der Waals surface area contributed by atoms with Crippen LogP contribution in [0.3, 0.4) is 0 Å². The maximum atomic E-state index is 10.6. The summed E-state index contributed by atoms with van der Waals surface area (Å²) in [5.41, 5.74) is 3.42. The number of anilines is 1. The first-order valence-corrected chi connectivity index (χ1v) is 8.98. The molecule has 3 nitrogen and oxygen atoms in total. The molecule has 0 spiro atoms. The van der Waals surface area contributed by atoms with Crippen LogP contribution < -0.4 is 5.32 Å². The molecule has 3 heteroatoms. The number of carboxylic acids is 1. The molecule has 0 bridgehead atoms. The lowest BCUT2D eigenvalue weighted by Crippen LogP contribution is -2.21. The fraction of sp³-hybridized carbons (Fsp3) is 0.409. The minimum Gasteiger partial charge on any atom is -0.481 e. The molecular weight excluding hydrogens is 310 g/mol. The third kappa shape index (κ3) is 4.62. The van der Waals surface area contributed by atoms with E-state index in [2.05, 4.69) is 69.1 Å². The molecule has 0 radical (unpaired) electrons. The van der Waals surface area contributed by atoms with Gasteiger partial charge in [0.05, 0.1) is 0 Å². The van der Waals surface area contributed by atoms with Gasteiger partial charge in [-0.2, -0.15) is 0 Å². The maximum Gasteiger partial charge on any atom is 0.303 e. The smallest absolute Gasteiger partial charge is 0.303 e. The van der Waals surface area contributed by atoms with Crippen LogP contribution in [0.15, 0.2) is 48.6 Å². The standard InChI is InChI=1S/C22H29NO2/c1-16(2)22(3,4)21-18-11-8-7-10-17(18)13-14-19(21)23-15-9-5-6-12-20(24)25/h7-8,10-11,13-14,23H,1,5-6,9,12,15H2,2-4H3,(H,24,25). The van der Waals surface area contributed by atoms with E-state index in [1.807, 2.05) is 0 Å². The van der Waals surface area contributed by atoms with Gasteiger partial charge in [0.2, 0.25) is 0 Å². The summed E-state index contributed by atoms with van der Waals surface area (Å²) in [6.07, 6.45) is 2.88. The fourth-order valence-corrected chi connectivity index (χ4v) is 3.11. The first kappa shape index (κ1) is 19.0. The van der Waals surface area contributed by atoms with Gasteiger partial charge in [0.25, 0.3) is 0 Å². The number of carboxylic acid groups (broad SMARTS) is 1. The molecule has 2 aromatic carbocycles. The van der Waals surface area contributed by atoms with E-state index in [0.717, 1.165) is 37.1 Å². The third-order valence-corrected chi connectivity index (χ3v) is 5.00. The predicted molar refractivity (Wildman–Crippen MR) is 106 cm³/mol. The minimum absolute atomic E-state index is 0.132. The highest BCUT2D eigenvalue weighted by Gasteiger charge is 2.26. The van der Waals surface area contributed by atoms with Crippen LogP contribution in [0.2, 0.25) is 0 Å². The van der Waals surface area contributed by atoms with Gasteiger partial charge >= 0.3 is 5.97 Å². The summed E-state index contributed by atoms with van der Waals surface area (Å²) in [5, 5.41) is 14.8. The summed E-state index contributed by atoms with van der Waals surface area (Å²) >= 11 is 0. The lowest BCUT2D eigenvalue weighted by molar-refractivity contribution is -0.137. The molecule has 0 aliphatic heterocycles. The Morgan fingerprint density at radius 3 is 2.52 bits per heavy atom. The van der Waals surface area contributed by atoms with E-state index < -0.39 is 5.97 Å². The summed E-state index contributed by atoms with van der Waals surface area (Å²) in [6.45, 7) is 11.6. The Labute approximate surface area is 150 Å². The topological polar surface area (TPSA) is 49.3 Å². The summed E-state index contributed by atoms with van der Waals surface area (Å²) in [5.74, 6) is -0.715. The van der Waals surface area contributed by atoms with Crippen LogP contribution in [-0.2, 0) is 10.2 Å². The predicted octanol–water partition coefficient (Wildman–Crippen LogP) is 5.75. The van der Waals surface area contributed by atoms with Crippen molar-refractivity contribution in [1.29, 1.82) is 0 Å². The molecule has 0 atom stereocenters. The van der Waals surface area contributed by atoms with Gasteiger partial charge in [-0.15, -0.1) is 0 Å². The zero-order valence-corrected chi connectivity index (χ0v) is 15.6. The largest absolute Gasteiger partial charge is 0.481 e. The van der Waals surface area contributed by atoms with Crippen LogP contribution in [-0.4, -0.2) is 17.6 Å². The van der Waals surface area contributed by atoms with E-state index in [1.165, 1.54) is 16.3 Å². The first-order valence-electron chi connectivity index (χ1n) is 8.98. The van der Waals surface area contributed by atoms with Crippen molar-refractivity contribution in [3.05, 3.63) is 54.1 Å². The third-order valence-electron chi connectivity index (χ3n) is 5.00. The average molecular weight is 339 g/mol. The zero-order valence-electron chi connectivity index (χ0n) is 15.6. The number of unbranched alkanes of at least 4 members (excludes halogenated alkanes) is 2. The van der Waals surface area contributed by atoms with Crippen LogP contribution in [0.5, 0.6) is 0 Å². The van der Waals surface area contributed by atoms with Crippen molar-refractivity contribution in [3.8, 4) is 0 Å². The summed E-state index contributed by atoms with van der Waals surface area (Å²) in [6, 6.07) is 12.8. The quantitative estimate of drug-likeness (QED) is 0.452. The van der Waals surface area contributed by atoms with Gasteiger partial charge in [-0.1, -0.05) is 62.8 Å². The number of aliphatic carboxylic acids is 1. The number of nitrogens with one attached hydrogen (secondary N) is 1. The first-order chi connectivity index (χ1) is 11.8. The second-order valence-electron chi connectivity index (χ2n) is 7.25. The van der Waals surface area contributed by atoms with Crippen molar-refractivity contribution >= 4 is 22.4 Å². The van der Waals surface area contributed by atoms with Gasteiger partial charge in [0.1, 0.15) is 0 Å². The highest BCUT2D eigenvalue weighted by molar-refractivity contribution is 5.91. The van der Waals surface area contributed by atoms with Crippen molar-refractivity contribution in [1.82, 2.24) is 0 Å². The van der Waals surface area contributed by atoms with E-state index in [-0.39, 0.29) is 11.8 Å². The molecule has 0 fully saturated rings. The van der Waals surface area contributed by atoms with Gasteiger partial charge in [-0.3, -0.25) is 4.79 Å². The van der Waals surface area contributed by atoms with Crippen molar-refractivity contribution in [2.24, 2.45) is 0 Å². The average Bonchev–Trinajstić information content (AvgIpc) is 2.56. The number of benzene rings is 2. The Balaban J connectivity index is 2.21. The summed E-state index contributed by atoms with van der Waals surface area (Å²) in [4.78, 5) is 10.6. The maximum absolute atomic E-state index is 10.6. The van der Waals surface area contributed by atoms with Crippen molar-refractivity contribution in [2.45, 2.75) is 51.9 Å². The minimum atomic E-state index is -0.715. The molecule has 0 amide bonds. The van der Waals surface area contributed by atoms with Gasteiger partial charge in [0.15, 0.2) is 0 Å². The van der Waals surface area contributed by atoms with Gasteiger partial charge in [-0.05, 0) is 42.2 Å². The Kier molecular flexibility index (Phi) is 6.24. The normalized spacial score (nSPS) is 11.5. The van der Waals surface area contributed by atoms with Crippen LogP contribution in [0.25, 0.3) is 10.8 Å². The molecule has 0 aliphatic carbocycles. The second-order valence-corrected chi connectivity index (χ2v) is 7.25. The number of allylic oxidation sites excluding steroid dienone is 1. The van der Waals surface area contributed by atoms with Crippen LogP contribution in [0.4, 0.5) is 5.69 Å². The lowest BCUT2D eigenvalue weighted by Gasteiger charge is -2.30. The molecule has 2 aromatic rings. The summed E-state index contributed by atoms with van der Waals surface area (Å²) in [7, 11) is 0. The van der Waals surface area contributed by atoms with Gasteiger partial charge in [-0.25, -0.2) is 0 Å². The molecule has 0 heterocycles. The van der Waals surface area contributed by atoms with E-state index in [9.17, 15) is 4.79 Å². The molecule has 0 unspecified atom stereocenters. The molecule has 0 saturated carbocycles. The van der Waals surface area contributed by atoms with Gasteiger partial charge in [0, 0.05) is 24.1 Å². The zero-order chi connectivity index (χ0) is 18.4. The molecule has 25 heavy (non-hydrogen) atoms. The Bertz CT molecular complexity index is 762. The number of fused-ring (bicyclic) bond motifs is 1. The highest BCUT2D eigenvalue weighted by atomic mass is 16.4. The van der Waals surface area contributed by atoms with Crippen molar-refractivity contribution in [2.75, 3.05) is 11.9 Å². The summed E-state index contributed by atoms with van der Waals surface area (Å²) < 4.78 is 0. The second kappa shape index (κ2) is 8.19. The van der Waals surface area contributed by atoms with Crippen molar-refractivity contribution < 1.29 is 9.90 Å². The van der Waals surface area contributed by atoms with Crippen LogP contribution >= 0.6 is 0 Å². The van der Waals surface area contributed by atoms with Crippen LogP contribution in [0, 0.1) is 0 Å². The van der Waals surface area contributed by atoms with E-state index in [4.69, 9.17) is 5.11 Å².